The molecule has 2 aliphatic carbocycles. The smallest absolute Gasteiger partial charge is 0.0542 e. The monoisotopic (exact) mass is 642 g/mol. The van der Waals surface area contributed by atoms with E-state index in [-0.39, 0.29) is 10.8 Å². The van der Waals surface area contributed by atoms with E-state index in [1.807, 2.05) is 0 Å². The van der Waals surface area contributed by atoms with Crippen molar-refractivity contribution < 1.29 is 0 Å². The summed E-state index contributed by atoms with van der Waals surface area (Å²) in [5.41, 5.74) is 17.8. The third kappa shape index (κ3) is 3.96. The topological polar surface area (TPSA) is 8.17 Å². The van der Waals surface area contributed by atoms with Crippen LogP contribution < -0.4 is 4.90 Å². The molecule has 0 spiro atoms. The lowest BCUT2D eigenvalue weighted by Gasteiger charge is -2.30. The van der Waals surface area contributed by atoms with E-state index in [4.69, 9.17) is 0 Å². The molecular weight excluding hydrogens is 605 g/mol. The van der Waals surface area contributed by atoms with Crippen LogP contribution in [0.1, 0.15) is 49.9 Å². The molecular formula is C48H38N2. The van der Waals surface area contributed by atoms with E-state index in [1.165, 1.54) is 83.4 Å². The van der Waals surface area contributed by atoms with Crippen molar-refractivity contribution in [1.29, 1.82) is 0 Å². The van der Waals surface area contributed by atoms with Crippen LogP contribution in [0, 0.1) is 0 Å². The van der Waals surface area contributed by atoms with Gasteiger partial charge in [-0.05, 0) is 105 Å². The summed E-state index contributed by atoms with van der Waals surface area (Å²) in [5.74, 6) is 0. The van der Waals surface area contributed by atoms with Crippen LogP contribution in [0.3, 0.4) is 0 Å². The van der Waals surface area contributed by atoms with E-state index in [0.29, 0.717) is 0 Å². The number of benzene rings is 7. The first-order valence-corrected chi connectivity index (χ1v) is 17.7. The summed E-state index contributed by atoms with van der Waals surface area (Å²) in [6.07, 6.45) is 0. The molecule has 8 aromatic rings. The normalized spacial score (nSPS) is 14.7. The van der Waals surface area contributed by atoms with Crippen molar-refractivity contribution in [2.24, 2.45) is 0 Å². The molecule has 50 heavy (non-hydrogen) atoms. The second-order valence-corrected chi connectivity index (χ2v) is 15.0. The van der Waals surface area contributed by atoms with E-state index >= 15 is 0 Å². The van der Waals surface area contributed by atoms with E-state index in [0.717, 1.165) is 5.69 Å². The average Bonchev–Trinajstić information content (AvgIpc) is 3.69. The summed E-state index contributed by atoms with van der Waals surface area (Å²) in [4.78, 5) is 2.48. The Labute approximate surface area is 293 Å². The number of fused-ring (bicyclic) bond motifs is 9. The highest BCUT2D eigenvalue weighted by atomic mass is 15.1. The molecule has 0 bridgehead atoms. The van der Waals surface area contributed by atoms with Crippen molar-refractivity contribution >= 4 is 38.9 Å². The highest BCUT2D eigenvalue weighted by molar-refractivity contribution is 6.10. The fraction of sp³-hybridized carbons (Fsp3) is 0.125. The molecule has 0 saturated heterocycles. The number of hydrogen-bond donors (Lipinski definition) is 0. The third-order valence-corrected chi connectivity index (χ3v) is 11.6. The lowest BCUT2D eigenvalue weighted by molar-refractivity contribution is 0.660. The Kier molecular flexibility index (Phi) is 6.01. The Bertz CT molecular complexity index is 2550. The largest absolute Gasteiger partial charge is 0.310 e. The summed E-state index contributed by atoms with van der Waals surface area (Å²) in [6.45, 7) is 9.47. The van der Waals surface area contributed by atoms with E-state index < -0.39 is 0 Å². The molecule has 7 aromatic carbocycles. The van der Waals surface area contributed by atoms with Crippen LogP contribution in [0.4, 0.5) is 17.1 Å². The Balaban J connectivity index is 1.21. The number of hydrogen-bond acceptors (Lipinski definition) is 1. The molecule has 0 saturated carbocycles. The first kappa shape index (κ1) is 29.1. The summed E-state index contributed by atoms with van der Waals surface area (Å²) < 4.78 is 2.39. The van der Waals surface area contributed by atoms with Crippen molar-refractivity contribution in [2.45, 2.75) is 38.5 Å². The van der Waals surface area contributed by atoms with Gasteiger partial charge in [-0.3, -0.25) is 0 Å². The van der Waals surface area contributed by atoms with Crippen molar-refractivity contribution in [3.05, 3.63) is 180 Å². The van der Waals surface area contributed by atoms with Crippen molar-refractivity contribution in [3.8, 4) is 27.9 Å². The zero-order valence-corrected chi connectivity index (χ0v) is 28.9. The fourth-order valence-corrected chi connectivity index (χ4v) is 9.07. The number of anilines is 3. The quantitative estimate of drug-likeness (QED) is 0.185. The fourth-order valence-electron chi connectivity index (χ4n) is 9.07. The Hall–Kier alpha value is -5.86. The zero-order valence-electron chi connectivity index (χ0n) is 28.9. The molecule has 10 rings (SSSR count). The first-order chi connectivity index (χ1) is 24.3. The molecule has 2 nitrogen and oxygen atoms in total. The van der Waals surface area contributed by atoms with Crippen LogP contribution in [0.2, 0.25) is 0 Å². The van der Waals surface area contributed by atoms with Gasteiger partial charge in [0.2, 0.25) is 0 Å². The highest BCUT2D eigenvalue weighted by Crippen LogP contribution is 2.53. The van der Waals surface area contributed by atoms with Gasteiger partial charge >= 0.3 is 0 Å². The summed E-state index contributed by atoms with van der Waals surface area (Å²) in [5, 5.41) is 2.50. The molecule has 0 radical (unpaired) electrons. The SMILES string of the molecule is CC1(C)c2ccccc2-c2ccc(N(c3ccc4c(c3)C(C)(C)c3ccccc3-4)c3ccc4c(c3)c3ccccc3n4-c3ccccc3)cc21. The second-order valence-electron chi connectivity index (χ2n) is 15.0. The molecule has 0 fully saturated rings. The summed E-state index contributed by atoms with van der Waals surface area (Å²) in [7, 11) is 0. The van der Waals surface area contributed by atoms with Gasteiger partial charge in [-0.1, -0.05) is 125 Å². The lowest BCUT2D eigenvalue weighted by Crippen LogP contribution is -2.18. The van der Waals surface area contributed by atoms with Gasteiger partial charge in [-0.2, -0.15) is 0 Å². The standard InChI is InChI=1S/C48H38N2/c1-47(2)41-19-11-8-16-35(41)37-25-22-33(29-43(37)47)49(34-23-26-38-36-17-9-12-20-42(36)48(3,4)44(38)30-34)32-24-27-46-40(28-32)39-18-10-13-21-45(39)50(46)31-14-6-5-7-15-31/h5-30H,1-4H3. The van der Waals surface area contributed by atoms with Gasteiger partial charge in [0.15, 0.2) is 0 Å². The molecule has 1 aromatic heterocycles. The molecule has 0 amide bonds. The minimum absolute atomic E-state index is 0.0950. The van der Waals surface area contributed by atoms with Crippen LogP contribution in [-0.4, -0.2) is 4.57 Å². The minimum atomic E-state index is -0.0950. The Morgan fingerprint density at radius 3 is 1.46 bits per heavy atom. The van der Waals surface area contributed by atoms with Crippen LogP contribution in [0.5, 0.6) is 0 Å². The van der Waals surface area contributed by atoms with Gasteiger partial charge in [0.1, 0.15) is 0 Å². The maximum Gasteiger partial charge on any atom is 0.0542 e. The maximum absolute atomic E-state index is 2.48. The summed E-state index contributed by atoms with van der Waals surface area (Å²) >= 11 is 0. The highest BCUT2D eigenvalue weighted by Gasteiger charge is 2.37. The van der Waals surface area contributed by atoms with E-state index in [2.05, 4.69) is 195 Å². The van der Waals surface area contributed by atoms with Crippen LogP contribution >= 0.6 is 0 Å². The minimum Gasteiger partial charge on any atom is -0.310 e. The van der Waals surface area contributed by atoms with Gasteiger partial charge < -0.3 is 9.47 Å². The molecule has 0 aliphatic heterocycles. The number of aromatic nitrogens is 1. The van der Waals surface area contributed by atoms with Crippen molar-refractivity contribution in [1.82, 2.24) is 4.57 Å². The number of para-hydroxylation sites is 2. The Morgan fingerprint density at radius 1 is 0.380 bits per heavy atom. The van der Waals surface area contributed by atoms with E-state index in [1.54, 1.807) is 0 Å². The molecule has 0 N–H and O–H groups in total. The molecule has 0 unspecified atom stereocenters. The van der Waals surface area contributed by atoms with Gasteiger partial charge in [0, 0.05) is 44.4 Å². The first-order valence-electron chi connectivity index (χ1n) is 17.7. The van der Waals surface area contributed by atoms with Gasteiger partial charge in [-0.15, -0.1) is 0 Å². The lowest BCUT2D eigenvalue weighted by atomic mass is 9.82. The number of nitrogens with zero attached hydrogens (tertiary/aromatic N) is 2. The molecule has 0 atom stereocenters. The van der Waals surface area contributed by atoms with E-state index in [9.17, 15) is 0 Å². The van der Waals surface area contributed by atoms with Crippen LogP contribution in [0.15, 0.2) is 158 Å². The average molecular weight is 643 g/mol. The number of rotatable bonds is 4. The summed E-state index contributed by atoms with van der Waals surface area (Å²) in [6, 6.07) is 58.5. The molecule has 2 heteroatoms. The zero-order chi connectivity index (χ0) is 33.8. The predicted octanol–water partition coefficient (Wildman–Crippen LogP) is 12.9. The predicted molar refractivity (Wildman–Crippen MR) is 211 cm³/mol. The van der Waals surface area contributed by atoms with Gasteiger partial charge in [0.05, 0.1) is 11.0 Å². The third-order valence-electron chi connectivity index (χ3n) is 11.6. The molecule has 2 aliphatic rings. The second kappa shape index (κ2) is 10.3. The Morgan fingerprint density at radius 2 is 0.840 bits per heavy atom. The molecule has 1 heterocycles. The van der Waals surface area contributed by atoms with Crippen molar-refractivity contribution in [3.63, 3.8) is 0 Å². The van der Waals surface area contributed by atoms with Crippen LogP contribution in [0.25, 0.3) is 49.7 Å². The molecule has 240 valence electrons. The maximum atomic E-state index is 2.48. The van der Waals surface area contributed by atoms with Crippen LogP contribution in [-0.2, 0) is 10.8 Å². The van der Waals surface area contributed by atoms with Gasteiger partial charge in [0.25, 0.3) is 0 Å². The van der Waals surface area contributed by atoms with Gasteiger partial charge in [-0.25, -0.2) is 0 Å². The van der Waals surface area contributed by atoms with Crippen molar-refractivity contribution in [2.75, 3.05) is 4.90 Å².